The van der Waals surface area contributed by atoms with Gasteiger partial charge in [0, 0.05) is 18.2 Å². The lowest BCUT2D eigenvalue weighted by Gasteiger charge is -2.37. The van der Waals surface area contributed by atoms with Crippen LogP contribution < -0.4 is 15.8 Å². The lowest BCUT2D eigenvalue weighted by Crippen LogP contribution is -2.38. The molecule has 1 fully saturated rings. The van der Waals surface area contributed by atoms with Crippen LogP contribution in [-0.4, -0.2) is 31.5 Å². The van der Waals surface area contributed by atoms with Gasteiger partial charge in [-0.15, -0.1) is 5.10 Å². The van der Waals surface area contributed by atoms with Gasteiger partial charge in [-0.05, 0) is 49.9 Å². The molecule has 0 saturated heterocycles. The Balaban J connectivity index is 1.34. The number of halogens is 4. The summed E-state index contributed by atoms with van der Waals surface area (Å²) in [6.45, 7) is 0. The number of nitrogen functional groups attached to an aromatic ring is 1. The fourth-order valence-electron chi connectivity index (χ4n) is 4.64. The molecule has 37 heavy (non-hydrogen) atoms. The molecular formula is C24H23F4N7O2. The average Bonchev–Trinajstić information content (AvgIpc) is 3.53. The lowest BCUT2D eigenvalue weighted by atomic mass is 9.70. The van der Waals surface area contributed by atoms with Gasteiger partial charge in [-0.2, -0.15) is 18.3 Å². The molecule has 4 aromatic rings. The molecule has 3 aromatic heterocycles. The number of nitrogens with zero attached hydrogens (tertiary/aromatic N) is 4. The summed E-state index contributed by atoms with van der Waals surface area (Å²) in [6, 6.07) is 10.3. The van der Waals surface area contributed by atoms with E-state index in [1.165, 1.54) is 6.07 Å². The number of benzene rings is 1. The summed E-state index contributed by atoms with van der Waals surface area (Å²) in [6.07, 6.45) is -1.43. The highest BCUT2D eigenvalue weighted by atomic mass is 19.4. The minimum atomic E-state index is -4.81. The summed E-state index contributed by atoms with van der Waals surface area (Å²) in [4.78, 5) is 4.68. The zero-order valence-electron chi connectivity index (χ0n) is 19.4. The van der Waals surface area contributed by atoms with Crippen molar-refractivity contribution < 1.29 is 26.7 Å². The van der Waals surface area contributed by atoms with Gasteiger partial charge in [-0.1, -0.05) is 17.2 Å². The van der Waals surface area contributed by atoms with Crippen molar-refractivity contribution in [2.75, 3.05) is 11.1 Å². The van der Waals surface area contributed by atoms with E-state index in [0.29, 0.717) is 55.7 Å². The van der Waals surface area contributed by atoms with E-state index in [0.717, 1.165) is 11.8 Å². The molecule has 0 spiro atoms. The van der Waals surface area contributed by atoms with E-state index < -0.39 is 34.8 Å². The van der Waals surface area contributed by atoms with E-state index in [4.69, 9.17) is 14.9 Å². The standard InChI is InChI=1S/C24H23F4N7O2/c25-20-16(24(26,27)28)4-2-5-17(20)36-15-7-10-23(11-8-15,21-34-35-22(29)37-21)13-14-3-1-6-18(31-14)32-19-9-12-30-33-19/h1-6,9,12,15H,7-8,10-11,13H2,(H2,29,35)(H2,30,31,32,33). The largest absolute Gasteiger partial charge is 0.487 e. The summed E-state index contributed by atoms with van der Waals surface area (Å²) in [5.41, 5.74) is 4.47. The third-order valence-corrected chi connectivity index (χ3v) is 6.44. The average molecular weight is 517 g/mol. The highest BCUT2D eigenvalue weighted by Crippen LogP contribution is 2.43. The molecule has 0 bridgehead atoms. The second kappa shape index (κ2) is 9.71. The number of nitrogens with one attached hydrogen (secondary N) is 2. The molecule has 194 valence electrons. The van der Waals surface area contributed by atoms with Crippen molar-refractivity contribution >= 4 is 17.7 Å². The topological polar surface area (TPSA) is 128 Å². The highest BCUT2D eigenvalue weighted by Gasteiger charge is 2.43. The molecule has 0 amide bonds. The third-order valence-electron chi connectivity index (χ3n) is 6.44. The second-order valence-corrected chi connectivity index (χ2v) is 8.94. The van der Waals surface area contributed by atoms with Crippen LogP contribution in [0.15, 0.2) is 53.1 Å². The number of alkyl halides is 3. The monoisotopic (exact) mass is 517 g/mol. The lowest BCUT2D eigenvalue weighted by molar-refractivity contribution is -0.140. The molecule has 0 aliphatic heterocycles. The summed E-state index contributed by atoms with van der Waals surface area (Å²) in [7, 11) is 0. The number of anilines is 3. The van der Waals surface area contributed by atoms with Gasteiger partial charge in [0.2, 0.25) is 5.89 Å². The number of pyridine rings is 1. The van der Waals surface area contributed by atoms with E-state index in [2.05, 4.69) is 30.7 Å². The molecule has 1 aromatic carbocycles. The second-order valence-electron chi connectivity index (χ2n) is 8.94. The molecule has 4 N–H and O–H groups in total. The van der Waals surface area contributed by atoms with Crippen molar-refractivity contribution in [2.45, 2.75) is 49.8 Å². The van der Waals surface area contributed by atoms with Gasteiger partial charge in [-0.25, -0.2) is 9.37 Å². The predicted octanol–water partition coefficient (Wildman–Crippen LogP) is 5.17. The van der Waals surface area contributed by atoms with E-state index >= 15 is 0 Å². The quantitative estimate of drug-likeness (QED) is 0.287. The number of hydrogen-bond acceptors (Lipinski definition) is 8. The predicted molar refractivity (Wildman–Crippen MR) is 124 cm³/mol. The normalized spacial score (nSPS) is 20.1. The molecule has 3 heterocycles. The van der Waals surface area contributed by atoms with Gasteiger partial charge < -0.3 is 20.2 Å². The molecule has 0 atom stereocenters. The molecular weight excluding hydrogens is 494 g/mol. The van der Waals surface area contributed by atoms with Crippen LogP contribution in [0, 0.1) is 5.82 Å². The molecule has 1 aliphatic rings. The minimum absolute atomic E-state index is 0.0681. The fourth-order valence-corrected chi connectivity index (χ4v) is 4.64. The minimum Gasteiger partial charge on any atom is -0.487 e. The van der Waals surface area contributed by atoms with Gasteiger partial charge in [0.25, 0.3) is 0 Å². The van der Waals surface area contributed by atoms with Gasteiger partial charge in [-0.3, -0.25) is 5.10 Å². The summed E-state index contributed by atoms with van der Waals surface area (Å²) < 4.78 is 65.1. The van der Waals surface area contributed by atoms with E-state index in [1.54, 1.807) is 12.3 Å². The van der Waals surface area contributed by atoms with Gasteiger partial charge >= 0.3 is 12.2 Å². The molecule has 1 saturated carbocycles. The van der Waals surface area contributed by atoms with Crippen LogP contribution in [0.2, 0.25) is 0 Å². The Morgan fingerprint density at radius 3 is 2.57 bits per heavy atom. The van der Waals surface area contributed by atoms with Gasteiger partial charge in [0.1, 0.15) is 11.6 Å². The first-order chi connectivity index (χ1) is 17.7. The van der Waals surface area contributed by atoms with Crippen molar-refractivity contribution in [3.63, 3.8) is 0 Å². The molecule has 13 heteroatoms. The van der Waals surface area contributed by atoms with E-state index in [-0.39, 0.29) is 6.01 Å². The molecule has 5 rings (SSSR count). The van der Waals surface area contributed by atoms with Crippen molar-refractivity contribution in [2.24, 2.45) is 0 Å². The fraction of sp³-hybridized carbons (Fsp3) is 0.333. The Morgan fingerprint density at radius 1 is 1.11 bits per heavy atom. The van der Waals surface area contributed by atoms with Crippen molar-refractivity contribution in [1.82, 2.24) is 25.4 Å². The van der Waals surface area contributed by atoms with Crippen LogP contribution in [0.1, 0.15) is 42.8 Å². The van der Waals surface area contributed by atoms with Crippen LogP contribution in [0.25, 0.3) is 0 Å². The Kier molecular flexibility index (Phi) is 6.44. The number of hydrogen-bond donors (Lipinski definition) is 3. The highest BCUT2D eigenvalue weighted by molar-refractivity contribution is 5.50. The third kappa shape index (κ3) is 5.34. The summed E-state index contributed by atoms with van der Waals surface area (Å²) in [5.74, 6) is -0.194. The Morgan fingerprint density at radius 2 is 1.89 bits per heavy atom. The first-order valence-electron chi connectivity index (χ1n) is 11.6. The maximum Gasteiger partial charge on any atom is 0.419 e. The maximum atomic E-state index is 14.5. The van der Waals surface area contributed by atoms with Crippen LogP contribution in [-0.2, 0) is 18.0 Å². The SMILES string of the molecule is Nc1nnc(C2(Cc3cccc(Nc4ccn[nH]4)n3)CCC(Oc3cccc(C(F)(F)F)c3F)CC2)o1. The van der Waals surface area contributed by atoms with Crippen LogP contribution in [0.4, 0.5) is 35.2 Å². The van der Waals surface area contributed by atoms with Crippen LogP contribution in [0.3, 0.4) is 0 Å². The Bertz CT molecular complexity index is 1350. The first-order valence-corrected chi connectivity index (χ1v) is 11.6. The Hall–Kier alpha value is -4.16. The van der Waals surface area contributed by atoms with Crippen LogP contribution in [0.5, 0.6) is 5.75 Å². The summed E-state index contributed by atoms with van der Waals surface area (Å²) in [5, 5.41) is 17.8. The number of rotatable bonds is 7. The number of aromatic amines is 1. The van der Waals surface area contributed by atoms with Gasteiger partial charge in [0.15, 0.2) is 11.6 Å². The smallest absolute Gasteiger partial charge is 0.419 e. The molecule has 9 nitrogen and oxygen atoms in total. The first kappa shape index (κ1) is 24.5. The van der Waals surface area contributed by atoms with E-state index in [1.807, 2.05) is 18.2 Å². The number of H-pyrrole nitrogens is 1. The molecule has 0 unspecified atom stereocenters. The molecule has 1 aliphatic carbocycles. The van der Waals surface area contributed by atoms with Crippen LogP contribution >= 0.6 is 0 Å². The number of ether oxygens (including phenoxy) is 1. The zero-order valence-corrected chi connectivity index (χ0v) is 19.4. The zero-order chi connectivity index (χ0) is 26.0. The summed E-state index contributed by atoms with van der Waals surface area (Å²) >= 11 is 0. The number of nitrogens with two attached hydrogens (primary N) is 1. The van der Waals surface area contributed by atoms with Crippen molar-refractivity contribution in [1.29, 1.82) is 0 Å². The maximum absolute atomic E-state index is 14.5. The van der Waals surface area contributed by atoms with Gasteiger partial charge in [0.05, 0.1) is 23.3 Å². The van der Waals surface area contributed by atoms with Crippen molar-refractivity contribution in [3.8, 4) is 5.75 Å². The number of aromatic nitrogens is 5. The Labute approximate surface area is 208 Å². The van der Waals surface area contributed by atoms with Crippen molar-refractivity contribution in [3.05, 3.63) is 71.6 Å². The van der Waals surface area contributed by atoms with E-state index in [9.17, 15) is 17.6 Å². The molecule has 0 radical (unpaired) electrons.